The van der Waals surface area contributed by atoms with Gasteiger partial charge in [0, 0.05) is 50.3 Å². The summed E-state index contributed by atoms with van der Waals surface area (Å²) in [4.78, 5) is 35.4. The molecule has 1 aliphatic heterocycles. The Bertz CT molecular complexity index is 1810. The number of benzene rings is 2. The van der Waals surface area contributed by atoms with Gasteiger partial charge in [-0.2, -0.15) is 0 Å². The topological polar surface area (TPSA) is 100 Å². The highest BCUT2D eigenvalue weighted by Gasteiger charge is 2.56. The third-order valence-electron chi connectivity index (χ3n) is 10.8. The lowest BCUT2D eigenvalue weighted by Gasteiger charge is -2.61. The number of anilines is 1. The molecule has 4 aliphatic rings. The molecule has 2 N–H and O–H groups in total. The summed E-state index contributed by atoms with van der Waals surface area (Å²) in [5, 5.41) is 7.74. The molecule has 5 unspecified atom stereocenters. The molecule has 240 valence electrons. The van der Waals surface area contributed by atoms with E-state index in [1.807, 2.05) is 18.2 Å². The summed E-state index contributed by atoms with van der Waals surface area (Å²) in [6, 6.07) is 12.7. The summed E-state index contributed by atoms with van der Waals surface area (Å²) in [5.41, 5.74) is 3.12. The molecular formula is C36H43FN8O. The number of rotatable bonds is 6. The van der Waals surface area contributed by atoms with E-state index in [0.717, 1.165) is 49.2 Å². The van der Waals surface area contributed by atoms with Crippen LogP contribution in [0, 0.1) is 29.0 Å². The van der Waals surface area contributed by atoms with E-state index in [2.05, 4.69) is 53.2 Å². The molecule has 10 heteroatoms. The van der Waals surface area contributed by atoms with Gasteiger partial charge in [-0.05, 0) is 85.3 Å². The van der Waals surface area contributed by atoms with E-state index in [-0.39, 0.29) is 17.4 Å². The molecule has 3 heterocycles. The summed E-state index contributed by atoms with van der Waals surface area (Å²) in [5.74, 6) is 3.01. The first-order valence-electron chi connectivity index (χ1n) is 16.6. The van der Waals surface area contributed by atoms with Crippen molar-refractivity contribution in [2.24, 2.45) is 28.2 Å². The number of aromatic nitrogens is 4. The first-order chi connectivity index (χ1) is 22.2. The normalized spacial score (nSPS) is 25.7. The maximum atomic E-state index is 14.0. The first kappa shape index (κ1) is 30.5. The second-order valence-corrected chi connectivity index (χ2v) is 14.0. The average Bonchev–Trinajstić information content (AvgIpc) is 3.05. The van der Waals surface area contributed by atoms with Crippen molar-refractivity contribution >= 4 is 22.5 Å². The molecule has 5 atom stereocenters. The van der Waals surface area contributed by atoms with Gasteiger partial charge >= 0.3 is 0 Å². The molecule has 0 amide bonds. The zero-order chi connectivity index (χ0) is 32.0. The van der Waals surface area contributed by atoms with Gasteiger partial charge in [-0.3, -0.25) is 14.3 Å². The molecule has 0 spiro atoms. The smallest absolute Gasteiger partial charge is 0.261 e. The zero-order valence-electron chi connectivity index (χ0n) is 27.1. The van der Waals surface area contributed by atoms with Crippen LogP contribution in [0.2, 0.25) is 0 Å². The van der Waals surface area contributed by atoms with Gasteiger partial charge in [0.1, 0.15) is 11.5 Å². The maximum Gasteiger partial charge on any atom is 0.261 e. The standard InChI is InChI=1S/C36H43FN8O/c1-22-21-44(16-14-39-22)35(43-30-18-25-17-29(23(30)2)36(25,3)4)41-27-9-10-28-31(19-27)42-33(32-20-38-12-13-40-32)45(34(28)46)15-11-24-5-7-26(37)8-6-24/h5-10,12-13,19-20,22-23,25,29-30,39H,11,14-18,21H2,1-4H3,(H,41,43). The monoisotopic (exact) mass is 622 g/mol. The first-order valence-corrected chi connectivity index (χ1v) is 16.6. The van der Waals surface area contributed by atoms with Crippen LogP contribution >= 0.6 is 0 Å². The number of halogens is 1. The number of nitrogens with zero attached hydrogens (tertiary/aromatic N) is 6. The van der Waals surface area contributed by atoms with E-state index in [0.29, 0.717) is 58.7 Å². The Labute approximate surface area is 269 Å². The summed E-state index contributed by atoms with van der Waals surface area (Å²) in [6.45, 7) is 12.4. The van der Waals surface area contributed by atoms with Gasteiger partial charge < -0.3 is 15.5 Å². The Kier molecular flexibility index (Phi) is 8.09. The number of fused-ring (bicyclic) bond motifs is 3. The van der Waals surface area contributed by atoms with Crippen molar-refractivity contribution in [3.63, 3.8) is 0 Å². The maximum absolute atomic E-state index is 14.0. The van der Waals surface area contributed by atoms with Gasteiger partial charge in [-0.25, -0.2) is 19.4 Å². The minimum Gasteiger partial charge on any atom is -0.340 e. The second kappa shape index (κ2) is 12.2. The van der Waals surface area contributed by atoms with Crippen LogP contribution in [0.25, 0.3) is 22.4 Å². The third kappa shape index (κ3) is 5.79. The van der Waals surface area contributed by atoms with Crippen LogP contribution in [0.4, 0.5) is 10.1 Å². The molecule has 4 fully saturated rings. The quantitative estimate of drug-likeness (QED) is 0.220. The fourth-order valence-corrected chi connectivity index (χ4v) is 7.91. The molecule has 2 aromatic carbocycles. The molecule has 3 saturated carbocycles. The number of guanidine groups is 1. The zero-order valence-corrected chi connectivity index (χ0v) is 27.1. The van der Waals surface area contributed by atoms with Crippen molar-refractivity contribution in [1.29, 1.82) is 0 Å². The van der Waals surface area contributed by atoms with E-state index in [4.69, 9.17) is 9.98 Å². The van der Waals surface area contributed by atoms with Crippen LogP contribution in [0.1, 0.15) is 46.1 Å². The van der Waals surface area contributed by atoms with E-state index in [1.54, 1.807) is 35.3 Å². The minimum atomic E-state index is -0.286. The molecule has 0 radical (unpaired) electrons. The highest BCUT2D eigenvalue weighted by molar-refractivity contribution is 5.96. The Balaban J connectivity index is 1.23. The largest absolute Gasteiger partial charge is 0.340 e. The van der Waals surface area contributed by atoms with Crippen molar-refractivity contribution in [3.05, 3.63) is 82.8 Å². The molecule has 3 aliphatic carbocycles. The van der Waals surface area contributed by atoms with Crippen LogP contribution in [0.3, 0.4) is 0 Å². The van der Waals surface area contributed by atoms with Crippen LogP contribution < -0.4 is 16.2 Å². The van der Waals surface area contributed by atoms with Crippen molar-refractivity contribution in [2.75, 3.05) is 25.0 Å². The van der Waals surface area contributed by atoms with Crippen LogP contribution in [-0.4, -0.2) is 62.1 Å². The van der Waals surface area contributed by atoms with Crippen molar-refractivity contribution in [1.82, 2.24) is 29.7 Å². The highest BCUT2D eigenvalue weighted by Crippen LogP contribution is 2.61. The van der Waals surface area contributed by atoms with Gasteiger partial charge in [0.2, 0.25) is 0 Å². The molecule has 8 rings (SSSR count). The van der Waals surface area contributed by atoms with Crippen LogP contribution in [-0.2, 0) is 13.0 Å². The molecule has 1 saturated heterocycles. The number of aliphatic imine (C=N–C) groups is 1. The second-order valence-electron chi connectivity index (χ2n) is 14.0. The summed E-state index contributed by atoms with van der Waals surface area (Å²) < 4.78 is 15.1. The highest BCUT2D eigenvalue weighted by atomic mass is 19.1. The number of piperazine rings is 1. The van der Waals surface area contributed by atoms with Crippen LogP contribution in [0.15, 0.2) is 70.8 Å². The molecule has 2 bridgehead atoms. The van der Waals surface area contributed by atoms with Crippen molar-refractivity contribution in [2.45, 2.75) is 65.6 Å². The van der Waals surface area contributed by atoms with Gasteiger partial charge in [-0.15, -0.1) is 0 Å². The molecular weight excluding hydrogens is 579 g/mol. The molecule has 9 nitrogen and oxygen atoms in total. The molecule has 2 aromatic heterocycles. The summed E-state index contributed by atoms with van der Waals surface area (Å²) >= 11 is 0. The third-order valence-corrected chi connectivity index (χ3v) is 10.8. The predicted molar refractivity (Wildman–Crippen MR) is 180 cm³/mol. The van der Waals surface area contributed by atoms with Crippen molar-refractivity contribution < 1.29 is 4.39 Å². The van der Waals surface area contributed by atoms with Crippen molar-refractivity contribution in [3.8, 4) is 11.5 Å². The Hall–Kier alpha value is -4.18. The predicted octanol–water partition coefficient (Wildman–Crippen LogP) is 5.37. The SMILES string of the molecule is CC1CN(C(=NC2CC3CC(C2C)C3(C)C)Nc2ccc3c(=O)n(CCc4ccc(F)cc4)c(-c4cnccn4)nc3c2)CCN1. The van der Waals surface area contributed by atoms with Gasteiger partial charge in [0.15, 0.2) is 11.8 Å². The number of aryl methyl sites for hydroxylation is 1. The Morgan fingerprint density at radius 2 is 1.96 bits per heavy atom. The lowest BCUT2D eigenvalue weighted by Crippen LogP contribution is -2.57. The number of hydrogen-bond acceptors (Lipinski definition) is 6. The minimum absolute atomic E-state index is 0.151. The van der Waals surface area contributed by atoms with E-state index in [1.165, 1.54) is 18.6 Å². The van der Waals surface area contributed by atoms with E-state index < -0.39 is 0 Å². The Morgan fingerprint density at radius 3 is 2.67 bits per heavy atom. The lowest BCUT2D eigenvalue weighted by molar-refractivity contribution is -0.108. The Morgan fingerprint density at radius 1 is 1.13 bits per heavy atom. The number of nitrogens with one attached hydrogen (secondary N) is 2. The summed E-state index contributed by atoms with van der Waals surface area (Å²) in [7, 11) is 0. The number of hydrogen-bond donors (Lipinski definition) is 2. The molecule has 4 aromatic rings. The van der Waals surface area contributed by atoms with Gasteiger partial charge in [-0.1, -0.05) is 32.9 Å². The van der Waals surface area contributed by atoms with Gasteiger partial charge in [0.25, 0.3) is 5.56 Å². The molecule has 46 heavy (non-hydrogen) atoms. The van der Waals surface area contributed by atoms with Gasteiger partial charge in [0.05, 0.1) is 23.1 Å². The average molecular weight is 623 g/mol. The lowest BCUT2D eigenvalue weighted by atomic mass is 9.45. The summed E-state index contributed by atoms with van der Waals surface area (Å²) in [6.07, 6.45) is 7.81. The fraction of sp³-hybridized carbons (Fsp3) is 0.472. The van der Waals surface area contributed by atoms with E-state index in [9.17, 15) is 9.18 Å². The van der Waals surface area contributed by atoms with E-state index >= 15 is 0 Å². The van der Waals surface area contributed by atoms with Crippen LogP contribution in [0.5, 0.6) is 0 Å². The fourth-order valence-electron chi connectivity index (χ4n) is 7.91.